The zero-order chi connectivity index (χ0) is 15.2. The third kappa shape index (κ3) is 3.74. The first-order chi connectivity index (χ1) is 10.2. The van der Waals surface area contributed by atoms with Gasteiger partial charge in [0.2, 0.25) is 5.91 Å². The third-order valence-corrected chi connectivity index (χ3v) is 3.70. The Bertz CT molecular complexity index is 508. The van der Waals surface area contributed by atoms with E-state index in [0.29, 0.717) is 43.9 Å². The quantitative estimate of drug-likeness (QED) is 0.849. The molecule has 0 atom stereocenters. The van der Waals surface area contributed by atoms with Crippen molar-refractivity contribution in [1.29, 1.82) is 0 Å². The molecular formula is C16H22N2O3. The van der Waals surface area contributed by atoms with Crippen LogP contribution in [0.5, 0.6) is 5.75 Å². The predicted molar refractivity (Wildman–Crippen MR) is 80.4 cm³/mol. The molecule has 114 valence electrons. The van der Waals surface area contributed by atoms with E-state index in [9.17, 15) is 9.59 Å². The van der Waals surface area contributed by atoms with Crippen molar-refractivity contribution in [2.24, 2.45) is 0 Å². The molecule has 1 aliphatic rings. The molecule has 1 fully saturated rings. The molecule has 21 heavy (non-hydrogen) atoms. The Morgan fingerprint density at radius 1 is 1.14 bits per heavy atom. The summed E-state index contributed by atoms with van der Waals surface area (Å²) >= 11 is 0. The lowest BCUT2D eigenvalue weighted by Gasteiger charge is -2.34. The standard InChI is InChI=1S/C16H22N2O3/c1-3-5-15(19)17-8-10-18(11-9-17)16(20)13-6-4-7-14(12-13)21-2/h4,6-7,12H,3,5,8-11H2,1-2H3. The van der Waals surface area contributed by atoms with Crippen molar-refractivity contribution in [3.8, 4) is 5.75 Å². The molecule has 5 nitrogen and oxygen atoms in total. The maximum Gasteiger partial charge on any atom is 0.254 e. The summed E-state index contributed by atoms with van der Waals surface area (Å²) in [5, 5.41) is 0. The van der Waals surface area contributed by atoms with Gasteiger partial charge in [-0.25, -0.2) is 0 Å². The first-order valence-corrected chi connectivity index (χ1v) is 7.36. The third-order valence-electron chi connectivity index (χ3n) is 3.70. The van der Waals surface area contributed by atoms with E-state index in [1.165, 1.54) is 0 Å². The lowest BCUT2D eigenvalue weighted by Crippen LogP contribution is -2.50. The highest BCUT2D eigenvalue weighted by Gasteiger charge is 2.24. The van der Waals surface area contributed by atoms with Crippen LogP contribution in [0.2, 0.25) is 0 Å². The number of hydrogen-bond donors (Lipinski definition) is 0. The van der Waals surface area contributed by atoms with Gasteiger partial charge in [-0.3, -0.25) is 9.59 Å². The average Bonchev–Trinajstić information content (AvgIpc) is 2.54. The minimum atomic E-state index is -0.00325. The highest BCUT2D eigenvalue weighted by Crippen LogP contribution is 2.15. The van der Waals surface area contributed by atoms with Crippen LogP contribution in [0.4, 0.5) is 0 Å². The van der Waals surface area contributed by atoms with Crippen molar-refractivity contribution >= 4 is 11.8 Å². The van der Waals surface area contributed by atoms with Crippen molar-refractivity contribution in [2.45, 2.75) is 19.8 Å². The number of amides is 2. The molecule has 5 heteroatoms. The van der Waals surface area contributed by atoms with E-state index in [2.05, 4.69) is 0 Å². The molecule has 0 saturated carbocycles. The second-order valence-electron chi connectivity index (χ2n) is 5.15. The van der Waals surface area contributed by atoms with Crippen molar-refractivity contribution < 1.29 is 14.3 Å². The smallest absolute Gasteiger partial charge is 0.254 e. The van der Waals surface area contributed by atoms with E-state index in [0.717, 1.165) is 6.42 Å². The minimum Gasteiger partial charge on any atom is -0.497 e. The van der Waals surface area contributed by atoms with Crippen LogP contribution in [-0.2, 0) is 4.79 Å². The van der Waals surface area contributed by atoms with Gasteiger partial charge < -0.3 is 14.5 Å². The Morgan fingerprint density at radius 3 is 2.43 bits per heavy atom. The molecule has 1 heterocycles. The van der Waals surface area contributed by atoms with E-state index in [1.807, 2.05) is 24.0 Å². The number of benzene rings is 1. The number of ether oxygens (including phenoxy) is 1. The summed E-state index contributed by atoms with van der Waals surface area (Å²) in [7, 11) is 1.59. The number of hydrogen-bond acceptors (Lipinski definition) is 3. The Labute approximate surface area is 125 Å². The van der Waals surface area contributed by atoms with Gasteiger partial charge in [-0.2, -0.15) is 0 Å². The maximum atomic E-state index is 12.4. The fourth-order valence-electron chi connectivity index (χ4n) is 2.47. The lowest BCUT2D eigenvalue weighted by molar-refractivity contribution is -0.132. The molecule has 1 saturated heterocycles. The summed E-state index contributed by atoms with van der Waals surface area (Å²) in [6.45, 7) is 4.42. The molecule has 1 aliphatic heterocycles. The van der Waals surface area contributed by atoms with Gasteiger partial charge in [0, 0.05) is 38.2 Å². The van der Waals surface area contributed by atoms with Gasteiger partial charge in [0.1, 0.15) is 5.75 Å². The molecule has 1 aromatic rings. The first-order valence-electron chi connectivity index (χ1n) is 7.36. The van der Waals surface area contributed by atoms with Gasteiger partial charge in [0.15, 0.2) is 0 Å². The van der Waals surface area contributed by atoms with Gasteiger partial charge in [-0.15, -0.1) is 0 Å². The van der Waals surface area contributed by atoms with Gasteiger partial charge in [-0.1, -0.05) is 13.0 Å². The van der Waals surface area contributed by atoms with Crippen molar-refractivity contribution in [2.75, 3.05) is 33.3 Å². The monoisotopic (exact) mass is 290 g/mol. The van der Waals surface area contributed by atoms with Crippen LogP contribution in [0.3, 0.4) is 0 Å². The highest BCUT2D eigenvalue weighted by atomic mass is 16.5. The summed E-state index contributed by atoms with van der Waals surface area (Å²) in [5.74, 6) is 0.861. The summed E-state index contributed by atoms with van der Waals surface area (Å²) in [5.41, 5.74) is 0.627. The molecule has 2 rings (SSSR count). The fourth-order valence-corrected chi connectivity index (χ4v) is 2.47. The summed E-state index contributed by atoms with van der Waals surface area (Å²) < 4.78 is 5.14. The number of carbonyl (C=O) groups is 2. The summed E-state index contributed by atoms with van der Waals surface area (Å²) in [6, 6.07) is 7.17. The Kier molecular flexibility index (Phi) is 5.20. The largest absolute Gasteiger partial charge is 0.497 e. The van der Waals surface area contributed by atoms with E-state index in [-0.39, 0.29) is 11.8 Å². The minimum absolute atomic E-state index is 0.00325. The van der Waals surface area contributed by atoms with Crippen LogP contribution >= 0.6 is 0 Å². The molecular weight excluding hydrogens is 268 g/mol. The Hall–Kier alpha value is -2.04. The normalized spacial score (nSPS) is 15.0. The van der Waals surface area contributed by atoms with E-state index >= 15 is 0 Å². The van der Waals surface area contributed by atoms with Crippen molar-refractivity contribution in [1.82, 2.24) is 9.80 Å². The SMILES string of the molecule is CCCC(=O)N1CCN(C(=O)c2cccc(OC)c2)CC1. The maximum absolute atomic E-state index is 12.4. The molecule has 0 N–H and O–H groups in total. The molecule has 0 aromatic heterocycles. The Balaban J connectivity index is 1.95. The van der Waals surface area contributed by atoms with Crippen LogP contribution in [-0.4, -0.2) is 54.9 Å². The number of carbonyl (C=O) groups excluding carboxylic acids is 2. The second kappa shape index (κ2) is 7.11. The molecule has 0 radical (unpaired) electrons. The van der Waals surface area contributed by atoms with Crippen LogP contribution in [0.1, 0.15) is 30.1 Å². The van der Waals surface area contributed by atoms with Crippen molar-refractivity contribution in [3.05, 3.63) is 29.8 Å². The number of methoxy groups -OCH3 is 1. The number of piperazine rings is 1. The van der Waals surface area contributed by atoms with Gasteiger partial charge in [0.05, 0.1) is 7.11 Å². The van der Waals surface area contributed by atoms with E-state index < -0.39 is 0 Å². The zero-order valence-corrected chi connectivity index (χ0v) is 12.7. The fraction of sp³-hybridized carbons (Fsp3) is 0.500. The molecule has 0 aliphatic carbocycles. The summed E-state index contributed by atoms with van der Waals surface area (Å²) in [4.78, 5) is 27.9. The predicted octanol–water partition coefficient (Wildman–Crippen LogP) is 1.78. The highest BCUT2D eigenvalue weighted by molar-refractivity contribution is 5.94. The Morgan fingerprint density at radius 2 is 1.81 bits per heavy atom. The van der Waals surface area contributed by atoms with E-state index in [1.54, 1.807) is 24.1 Å². The molecule has 0 unspecified atom stereocenters. The first kappa shape index (κ1) is 15.4. The van der Waals surface area contributed by atoms with Crippen LogP contribution in [0.15, 0.2) is 24.3 Å². The zero-order valence-electron chi connectivity index (χ0n) is 12.7. The van der Waals surface area contributed by atoms with Gasteiger partial charge in [-0.05, 0) is 24.6 Å². The second-order valence-corrected chi connectivity index (χ2v) is 5.15. The number of nitrogens with zero attached hydrogens (tertiary/aromatic N) is 2. The van der Waals surface area contributed by atoms with Gasteiger partial charge >= 0.3 is 0 Å². The molecule has 1 aromatic carbocycles. The number of rotatable bonds is 4. The van der Waals surface area contributed by atoms with E-state index in [4.69, 9.17) is 4.74 Å². The molecule has 0 bridgehead atoms. The summed E-state index contributed by atoms with van der Waals surface area (Å²) in [6.07, 6.45) is 1.45. The lowest BCUT2D eigenvalue weighted by atomic mass is 10.1. The van der Waals surface area contributed by atoms with Crippen LogP contribution in [0, 0.1) is 0 Å². The van der Waals surface area contributed by atoms with Gasteiger partial charge in [0.25, 0.3) is 5.91 Å². The molecule has 2 amide bonds. The van der Waals surface area contributed by atoms with Crippen LogP contribution in [0.25, 0.3) is 0 Å². The topological polar surface area (TPSA) is 49.9 Å². The average molecular weight is 290 g/mol. The van der Waals surface area contributed by atoms with Crippen LogP contribution < -0.4 is 4.74 Å². The molecule has 0 spiro atoms. The van der Waals surface area contributed by atoms with Crippen molar-refractivity contribution in [3.63, 3.8) is 0 Å².